The van der Waals surface area contributed by atoms with E-state index in [9.17, 15) is 4.79 Å². The molecule has 7 nitrogen and oxygen atoms in total. The number of hydrogen-bond acceptors (Lipinski definition) is 6. The topological polar surface area (TPSA) is 98.6 Å². The molecule has 0 saturated heterocycles. The average molecular weight is 465 g/mol. The minimum absolute atomic E-state index is 0.126. The van der Waals surface area contributed by atoms with Crippen LogP contribution in [0.3, 0.4) is 0 Å². The maximum absolute atomic E-state index is 12.7. The lowest BCUT2D eigenvalue weighted by Gasteiger charge is -2.20. The summed E-state index contributed by atoms with van der Waals surface area (Å²) in [6.07, 6.45) is 0.449. The first kappa shape index (κ1) is 23.3. The number of aromatic nitrogens is 3. The van der Waals surface area contributed by atoms with Gasteiger partial charge >= 0.3 is 0 Å². The average Bonchev–Trinajstić information content (AvgIpc) is 3.22. The van der Waals surface area contributed by atoms with E-state index in [1.165, 1.54) is 11.8 Å². The van der Waals surface area contributed by atoms with Crippen LogP contribution in [0.2, 0.25) is 5.02 Å². The molecule has 0 spiro atoms. The number of halogens is 1. The van der Waals surface area contributed by atoms with E-state index < -0.39 is 0 Å². The van der Waals surface area contributed by atoms with Crippen LogP contribution < -0.4 is 0 Å². The number of hydrogen-bond donors (Lipinski definition) is 0. The molecule has 0 aliphatic rings. The number of amides is 1. The molecule has 3 aromatic rings. The van der Waals surface area contributed by atoms with E-state index in [1.54, 1.807) is 17.0 Å². The van der Waals surface area contributed by atoms with Gasteiger partial charge in [-0.15, -0.1) is 10.2 Å². The largest absolute Gasteiger partial charge is 0.340 e. The van der Waals surface area contributed by atoms with Gasteiger partial charge in [0.25, 0.3) is 0 Å². The monoisotopic (exact) mass is 464 g/mol. The van der Waals surface area contributed by atoms with Crippen molar-refractivity contribution in [2.75, 3.05) is 18.8 Å². The van der Waals surface area contributed by atoms with E-state index in [-0.39, 0.29) is 24.5 Å². The summed E-state index contributed by atoms with van der Waals surface area (Å²) in [5.74, 6) is 0.625. The Morgan fingerprint density at radius 1 is 1.03 bits per heavy atom. The zero-order chi connectivity index (χ0) is 22.9. The van der Waals surface area contributed by atoms with Gasteiger partial charge in [-0.05, 0) is 43.3 Å². The molecule has 0 fully saturated rings. The highest BCUT2D eigenvalue weighted by molar-refractivity contribution is 7.99. The van der Waals surface area contributed by atoms with Crippen molar-refractivity contribution in [2.45, 2.75) is 24.9 Å². The summed E-state index contributed by atoms with van der Waals surface area (Å²) in [6, 6.07) is 19.4. The Balaban J connectivity index is 1.88. The molecule has 32 heavy (non-hydrogen) atoms. The molecule has 0 unspecified atom stereocenters. The van der Waals surface area contributed by atoms with Gasteiger partial charge in [-0.3, -0.25) is 9.36 Å². The van der Waals surface area contributed by atoms with Crippen LogP contribution in [0, 0.1) is 29.6 Å². The minimum atomic E-state index is -0.146. The van der Waals surface area contributed by atoms with Crippen molar-refractivity contribution in [3.8, 4) is 29.2 Å². The Labute approximate surface area is 196 Å². The van der Waals surface area contributed by atoms with E-state index in [1.807, 2.05) is 60.0 Å². The Bertz CT molecular complexity index is 1130. The van der Waals surface area contributed by atoms with Gasteiger partial charge in [-0.1, -0.05) is 41.1 Å². The fourth-order valence-corrected chi connectivity index (χ4v) is 4.01. The summed E-state index contributed by atoms with van der Waals surface area (Å²) in [5, 5.41) is 27.6. The van der Waals surface area contributed by atoms with E-state index >= 15 is 0 Å². The van der Waals surface area contributed by atoms with E-state index in [4.69, 9.17) is 22.1 Å². The second kappa shape index (κ2) is 11.3. The molecule has 1 heterocycles. The SMILES string of the molecule is Cc1ccc(-n2c(SCC(=O)N(CCC#N)CCC#N)nnc2-c2ccc(Cl)cc2)cc1. The molecule has 0 N–H and O–H groups in total. The van der Waals surface area contributed by atoms with Gasteiger partial charge in [0.05, 0.1) is 30.7 Å². The third kappa shape index (κ3) is 5.88. The van der Waals surface area contributed by atoms with E-state index in [0.717, 1.165) is 16.8 Å². The smallest absolute Gasteiger partial charge is 0.233 e. The third-order valence-corrected chi connectivity index (χ3v) is 5.86. The van der Waals surface area contributed by atoms with Crippen LogP contribution >= 0.6 is 23.4 Å². The molecule has 0 radical (unpaired) electrons. The van der Waals surface area contributed by atoms with Crippen LogP contribution in [-0.4, -0.2) is 44.4 Å². The summed E-state index contributed by atoms with van der Waals surface area (Å²) < 4.78 is 1.91. The van der Waals surface area contributed by atoms with Crippen molar-refractivity contribution >= 4 is 29.3 Å². The maximum atomic E-state index is 12.7. The lowest BCUT2D eigenvalue weighted by atomic mass is 10.2. The van der Waals surface area contributed by atoms with Gasteiger partial charge in [0.2, 0.25) is 5.91 Å². The molecule has 2 aromatic carbocycles. The fourth-order valence-electron chi connectivity index (χ4n) is 3.02. The predicted octanol–water partition coefficient (Wildman–Crippen LogP) is 4.64. The Kier molecular flexibility index (Phi) is 8.27. The lowest BCUT2D eigenvalue weighted by molar-refractivity contribution is -0.128. The number of aryl methyl sites for hydroxylation is 1. The summed E-state index contributed by atoms with van der Waals surface area (Å²) in [4.78, 5) is 14.3. The third-order valence-electron chi connectivity index (χ3n) is 4.69. The van der Waals surface area contributed by atoms with Gasteiger partial charge < -0.3 is 4.90 Å². The van der Waals surface area contributed by atoms with Crippen LogP contribution in [0.5, 0.6) is 0 Å². The second-order valence-corrected chi connectivity index (χ2v) is 8.35. The second-order valence-electron chi connectivity index (χ2n) is 6.97. The van der Waals surface area contributed by atoms with Gasteiger partial charge in [0, 0.05) is 29.4 Å². The van der Waals surface area contributed by atoms with Crippen LogP contribution in [0.1, 0.15) is 18.4 Å². The molecular weight excluding hydrogens is 444 g/mol. The first-order valence-electron chi connectivity index (χ1n) is 9.96. The minimum Gasteiger partial charge on any atom is -0.340 e. The van der Waals surface area contributed by atoms with Gasteiger partial charge in [-0.25, -0.2) is 0 Å². The molecule has 1 amide bonds. The fraction of sp³-hybridized carbons (Fsp3) is 0.261. The summed E-state index contributed by atoms with van der Waals surface area (Å²) >= 11 is 7.31. The molecule has 0 saturated carbocycles. The summed E-state index contributed by atoms with van der Waals surface area (Å²) in [5.41, 5.74) is 2.86. The number of carbonyl (C=O) groups excluding carboxylic acids is 1. The van der Waals surface area contributed by atoms with Crippen molar-refractivity contribution in [3.05, 3.63) is 59.1 Å². The molecule has 1 aromatic heterocycles. The highest BCUT2D eigenvalue weighted by Crippen LogP contribution is 2.29. The number of carbonyl (C=O) groups is 1. The van der Waals surface area contributed by atoms with Gasteiger partial charge in [0.15, 0.2) is 11.0 Å². The Morgan fingerprint density at radius 2 is 1.66 bits per heavy atom. The molecular formula is C23H21ClN6OS. The van der Waals surface area contributed by atoms with Gasteiger partial charge in [-0.2, -0.15) is 10.5 Å². The standard InChI is InChI=1S/C23H21ClN6OS/c1-17-4-10-20(11-5-17)30-22(18-6-8-19(24)9-7-18)27-28-23(30)32-16-21(31)29(14-2-12-25)15-3-13-26/h4-11H,2-3,14-16H2,1H3. The Hall–Kier alpha value is -3.33. The van der Waals surface area contributed by atoms with Crippen molar-refractivity contribution < 1.29 is 4.79 Å². The zero-order valence-electron chi connectivity index (χ0n) is 17.5. The van der Waals surface area contributed by atoms with Crippen LogP contribution in [-0.2, 0) is 4.79 Å². The molecule has 0 aliphatic heterocycles. The molecule has 0 bridgehead atoms. The number of benzene rings is 2. The zero-order valence-corrected chi connectivity index (χ0v) is 19.1. The highest BCUT2D eigenvalue weighted by Gasteiger charge is 2.19. The van der Waals surface area contributed by atoms with Crippen molar-refractivity contribution in [1.29, 1.82) is 10.5 Å². The molecule has 9 heteroatoms. The van der Waals surface area contributed by atoms with Crippen LogP contribution in [0.15, 0.2) is 53.7 Å². The van der Waals surface area contributed by atoms with Crippen LogP contribution in [0.4, 0.5) is 0 Å². The molecule has 0 aliphatic carbocycles. The molecule has 3 rings (SSSR count). The number of rotatable bonds is 9. The maximum Gasteiger partial charge on any atom is 0.233 e. The number of thioether (sulfide) groups is 1. The van der Waals surface area contributed by atoms with Crippen molar-refractivity contribution in [1.82, 2.24) is 19.7 Å². The first-order chi connectivity index (χ1) is 15.5. The van der Waals surface area contributed by atoms with Gasteiger partial charge in [0.1, 0.15) is 0 Å². The normalized spacial score (nSPS) is 10.4. The number of nitriles is 2. The van der Waals surface area contributed by atoms with E-state index in [0.29, 0.717) is 29.1 Å². The predicted molar refractivity (Wildman–Crippen MR) is 124 cm³/mol. The van der Waals surface area contributed by atoms with Crippen molar-refractivity contribution in [2.24, 2.45) is 0 Å². The lowest BCUT2D eigenvalue weighted by Crippen LogP contribution is -2.34. The quantitative estimate of drug-likeness (QED) is 0.427. The Morgan fingerprint density at radius 3 is 2.25 bits per heavy atom. The molecule has 0 atom stereocenters. The summed E-state index contributed by atoms with van der Waals surface area (Å²) in [7, 11) is 0. The van der Waals surface area contributed by atoms with Crippen LogP contribution in [0.25, 0.3) is 17.1 Å². The van der Waals surface area contributed by atoms with Crippen molar-refractivity contribution in [3.63, 3.8) is 0 Å². The molecule has 162 valence electrons. The number of nitrogens with zero attached hydrogens (tertiary/aromatic N) is 6. The highest BCUT2D eigenvalue weighted by atomic mass is 35.5. The van der Waals surface area contributed by atoms with E-state index in [2.05, 4.69) is 10.2 Å². The summed E-state index contributed by atoms with van der Waals surface area (Å²) in [6.45, 7) is 2.62. The first-order valence-corrected chi connectivity index (χ1v) is 11.3.